The second kappa shape index (κ2) is 5.72. The molecule has 1 aromatic carbocycles. The van der Waals surface area contributed by atoms with Gasteiger partial charge in [0.25, 0.3) is 0 Å². The van der Waals surface area contributed by atoms with Crippen molar-refractivity contribution >= 4 is 11.6 Å². The van der Waals surface area contributed by atoms with E-state index in [2.05, 4.69) is 5.10 Å². The van der Waals surface area contributed by atoms with Gasteiger partial charge in [0, 0.05) is 12.1 Å². The lowest BCUT2D eigenvalue weighted by Gasteiger charge is -2.13. The summed E-state index contributed by atoms with van der Waals surface area (Å²) in [5.74, 6) is -0.300. The minimum atomic E-state index is -0.300. The van der Waals surface area contributed by atoms with Gasteiger partial charge in [-0.3, -0.25) is 4.68 Å². The van der Waals surface area contributed by atoms with Crippen molar-refractivity contribution in [3.63, 3.8) is 0 Å². The predicted molar refractivity (Wildman–Crippen MR) is 74.6 cm³/mol. The Morgan fingerprint density at radius 3 is 2.79 bits per heavy atom. The van der Waals surface area contributed by atoms with Crippen LogP contribution in [0, 0.1) is 5.82 Å². The lowest BCUT2D eigenvalue weighted by molar-refractivity contribution is 0.603. The van der Waals surface area contributed by atoms with Gasteiger partial charge in [-0.25, -0.2) is 4.39 Å². The second-order valence-corrected chi connectivity index (χ2v) is 4.99. The molecule has 5 heteroatoms. The molecule has 1 aromatic heterocycles. The molecule has 1 unspecified atom stereocenters. The van der Waals surface area contributed by atoms with Crippen molar-refractivity contribution in [2.24, 2.45) is 12.8 Å². The Hall–Kier alpha value is -1.39. The number of hydrogen-bond acceptors (Lipinski definition) is 2. The zero-order valence-corrected chi connectivity index (χ0v) is 11.8. The van der Waals surface area contributed by atoms with Crippen LogP contribution in [0.1, 0.15) is 29.9 Å². The quantitative estimate of drug-likeness (QED) is 0.936. The van der Waals surface area contributed by atoms with E-state index in [4.69, 9.17) is 17.3 Å². The summed E-state index contributed by atoms with van der Waals surface area (Å²) in [7, 11) is 1.86. The number of nitrogens with two attached hydrogens (primary N) is 1. The van der Waals surface area contributed by atoms with E-state index in [0.717, 1.165) is 17.8 Å². The molecule has 2 aromatic rings. The van der Waals surface area contributed by atoms with Gasteiger partial charge in [0.15, 0.2) is 0 Å². The van der Waals surface area contributed by atoms with Gasteiger partial charge in [-0.2, -0.15) is 5.10 Å². The Labute approximate surface area is 117 Å². The van der Waals surface area contributed by atoms with Gasteiger partial charge in [-0.05, 0) is 42.7 Å². The summed E-state index contributed by atoms with van der Waals surface area (Å²) in [4.78, 5) is 0. The van der Waals surface area contributed by atoms with Crippen LogP contribution >= 0.6 is 11.6 Å². The maximum atomic E-state index is 13.2. The number of aromatic nitrogens is 2. The third-order valence-electron chi connectivity index (χ3n) is 3.16. The highest BCUT2D eigenvalue weighted by Crippen LogP contribution is 2.23. The van der Waals surface area contributed by atoms with Crippen LogP contribution in [0.15, 0.2) is 24.3 Å². The molecule has 2 rings (SSSR count). The highest BCUT2D eigenvalue weighted by molar-refractivity contribution is 6.31. The number of halogens is 2. The van der Waals surface area contributed by atoms with Crippen LogP contribution in [0.2, 0.25) is 5.02 Å². The van der Waals surface area contributed by atoms with Crippen LogP contribution < -0.4 is 5.73 Å². The molecule has 0 amide bonds. The van der Waals surface area contributed by atoms with Gasteiger partial charge in [0.2, 0.25) is 0 Å². The standard InChI is InChI=1S/C14H17ClFN3/c1-3-11-8-14(19(2)18-11)13(17)7-9-6-10(16)4-5-12(9)15/h4-6,8,13H,3,7,17H2,1-2H3. The van der Waals surface area contributed by atoms with E-state index in [1.54, 1.807) is 10.7 Å². The third kappa shape index (κ3) is 3.14. The highest BCUT2D eigenvalue weighted by Gasteiger charge is 2.15. The van der Waals surface area contributed by atoms with Gasteiger partial charge < -0.3 is 5.73 Å². The lowest BCUT2D eigenvalue weighted by atomic mass is 10.0. The average Bonchev–Trinajstić information content (AvgIpc) is 2.75. The fourth-order valence-corrected chi connectivity index (χ4v) is 2.30. The van der Waals surface area contributed by atoms with Crippen molar-refractivity contribution in [3.8, 4) is 0 Å². The summed E-state index contributed by atoms with van der Waals surface area (Å²) in [5, 5.41) is 4.90. The minimum absolute atomic E-state index is 0.253. The van der Waals surface area contributed by atoms with Crippen LogP contribution in [0.25, 0.3) is 0 Å². The van der Waals surface area contributed by atoms with Crippen molar-refractivity contribution in [1.29, 1.82) is 0 Å². The third-order valence-corrected chi connectivity index (χ3v) is 3.53. The van der Waals surface area contributed by atoms with Crippen molar-refractivity contribution < 1.29 is 4.39 Å². The average molecular weight is 282 g/mol. The van der Waals surface area contributed by atoms with Crippen molar-refractivity contribution in [2.75, 3.05) is 0 Å². The molecule has 0 fully saturated rings. The topological polar surface area (TPSA) is 43.8 Å². The summed E-state index contributed by atoms with van der Waals surface area (Å²) in [5.41, 5.74) is 8.82. The maximum Gasteiger partial charge on any atom is 0.123 e. The Kier molecular flexibility index (Phi) is 4.22. The van der Waals surface area contributed by atoms with Gasteiger partial charge in [0.1, 0.15) is 5.82 Å². The number of hydrogen-bond donors (Lipinski definition) is 1. The Morgan fingerprint density at radius 2 is 2.16 bits per heavy atom. The molecule has 2 N–H and O–H groups in total. The van der Waals surface area contributed by atoms with Crippen LogP contribution in [-0.4, -0.2) is 9.78 Å². The summed E-state index contributed by atoms with van der Waals surface area (Å²) < 4.78 is 15.0. The van der Waals surface area contributed by atoms with Gasteiger partial charge in [-0.15, -0.1) is 0 Å². The molecule has 3 nitrogen and oxygen atoms in total. The van der Waals surface area contributed by atoms with Crippen LogP contribution in [0.5, 0.6) is 0 Å². The summed E-state index contributed by atoms with van der Waals surface area (Å²) >= 11 is 6.06. The predicted octanol–water partition coefficient (Wildman–Crippen LogP) is 3.02. The molecule has 0 aliphatic rings. The first-order chi connectivity index (χ1) is 9.01. The van der Waals surface area contributed by atoms with Gasteiger partial charge in [0.05, 0.1) is 17.4 Å². The first kappa shape index (κ1) is 14.0. The monoisotopic (exact) mass is 281 g/mol. The first-order valence-corrected chi connectivity index (χ1v) is 6.61. The van der Waals surface area contributed by atoms with Crippen LogP contribution in [0.3, 0.4) is 0 Å². The number of rotatable bonds is 4. The minimum Gasteiger partial charge on any atom is -0.322 e. The molecule has 0 aliphatic carbocycles. The van der Waals surface area contributed by atoms with E-state index < -0.39 is 0 Å². The molecule has 0 aliphatic heterocycles. The SMILES string of the molecule is CCc1cc(C(N)Cc2cc(F)ccc2Cl)n(C)n1. The van der Waals surface area contributed by atoms with Crippen LogP contribution in [0.4, 0.5) is 4.39 Å². The fourth-order valence-electron chi connectivity index (χ4n) is 2.10. The van der Waals surface area contributed by atoms with E-state index in [9.17, 15) is 4.39 Å². The molecular formula is C14H17ClFN3. The summed E-state index contributed by atoms with van der Waals surface area (Å²) in [6.45, 7) is 2.04. The molecule has 0 spiro atoms. The molecule has 0 saturated heterocycles. The van der Waals surface area contributed by atoms with Crippen LogP contribution in [-0.2, 0) is 19.9 Å². The van der Waals surface area contributed by atoms with E-state index in [-0.39, 0.29) is 11.9 Å². The van der Waals surface area contributed by atoms with Gasteiger partial charge in [-0.1, -0.05) is 18.5 Å². The van der Waals surface area contributed by atoms with E-state index >= 15 is 0 Å². The molecule has 1 atom stereocenters. The first-order valence-electron chi connectivity index (χ1n) is 6.23. The molecular weight excluding hydrogens is 265 g/mol. The zero-order chi connectivity index (χ0) is 14.0. The molecule has 1 heterocycles. The van der Waals surface area contributed by atoms with Crippen molar-refractivity contribution in [1.82, 2.24) is 9.78 Å². The van der Waals surface area contributed by atoms with E-state index in [1.807, 2.05) is 20.0 Å². The number of aryl methyl sites for hydroxylation is 2. The molecule has 0 saturated carbocycles. The Morgan fingerprint density at radius 1 is 1.42 bits per heavy atom. The van der Waals surface area contributed by atoms with E-state index in [1.165, 1.54) is 12.1 Å². The molecule has 102 valence electrons. The summed E-state index contributed by atoms with van der Waals surface area (Å²) in [6, 6.07) is 6.06. The molecule has 19 heavy (non-hydrogen) atoms. The number of benzene rings is 1. The number of nitrogens with zero attached hydrogens (tertiary/aromatic N) is 2. The normalized spacial score (nSPS) is 12.7. The molecule has 0 radical (unpaired) electrons. The Bertz CT molecular complexity index is 580. The summed E-state index contributed by atoms with van der Waals surface area (Å²) in [6.07, 6.45) is 1.35. The lowest BCUT2D eigenvalue weighted by Crippen LogP contribution is -2.17. The smallest absolute Gasteiger partial charge is 0.123 e. The van der Waals surface area contributed by atoms with Crippen molar-refractivity contribution in [3.05, 3.63) is 52.1 Å². The van der Waals surface area contributed by atoms with Crippen molar-refractivity contribution in [2.45, 2.75) is 25.8 Å². The molecule has 0 bridgehead atoms. The largest absolute Gasteiger partial charge is 0.322 e. The van der Waals surface area contributed by atoms with E-state index in [0.29, 0.717) is 17.0 Å². The Balaban J connectivity index is 2.22. The maximum absolute atomic E-state index is 13.2. The van der Waals surface area contributed by atoms with Gasteiger partial charge >= 0.3 is 0 Å². The zero-order valence-electron chi connectivity index (χ0n) is 11.0. The highest BCUT2D eigenvalue weighted by atomic mass is 35.5. The fraction of sp³-hybridized carbons (Fsp3) is 0.357. The second-order valence-electron chi connectivity index (χ2n) is 4.58.